The highest BCUT2D eigenvalue weighted by molar-refractivity contribution is 7.93. The summed E-state index contributed by atoms with van der Waals surface area (Å²) < 4.78 is 46.2. The average molecular weight is 472 g/mol. The highest BCUT2D eigenvalue weighted by Crippen LogP contribution is 2.38. The highest BCUT2D eigenvalue weighted by Gasteiger charge is 2.30. The van der Waals surface area contributed by atoms with Crippen LogP contribution in [-0.4, -0.2) is 61.3 Å². The molecule has 0 aliphatic carbocycles. The molecule has 1 N–H and O–H groups in total. The SMILES string of the molecule is CN1CCC(S(=O)(=O)Nc2ccnc3c2c(-c2cc(N4CCCC4)ccc2F)cn3C)CC1. The Morgan fingerprint density at radius 1 is 1.03 bits per heavy atom. The molecule has 0 spiro atoms. The van der Waals surface area contributed by atoms with Crippen LogP contribution in [0, 0.1) is 5.82 Å². The number of anilines is 2. The summed E-state index contributed by atoms with van der Waals surface area (Å²) in [5, 5.41) is 0.174. The van der Waals surface area contributed by atoms with E-state index in [-0.39, 0.29) is 5.82 Å². The summed E-state index contributed by atoms with van der Waals surface area (Å²) in [7, 11) is 0.259. The van der Waals surface area contributed by atoms with Crippen LogP contribution >= 0.6 is 0 Å². The van der Waals surface area contributed by atoms with Gasteiger partial charge < -0.3 is 14.4 Å². The van der Waals surface area contributed by atoms with Crippen molar-refractivity contribution in [3.05, 3.63) is 42.5 Å². The number of fused-ring (bicyclic) bond motifs is 1. The van der Waals surface area contributed by atoms with Crippen LogP contribution in [0.2, 0.25) is 0 Å². The zero-order valence-corrected chi connectivity index (χ0v) is 19.9. The summed E-state index contributed by atoms with van der Waals surface area (Å²) in [5.41, 5.74) is 3.14. The Hall–Kier alpha value is -2.65. The lowest BCUT2D eigenvalue weighted by molar-refractivity contribution is 0.278. The number of pyridine rings is 1. The number of benzene rings is 1. The Kier molecular flexibility index (Phi) is 5.78. The van der Waals surface area contributed by atoms with Crippen molar-refractivity contribution in [3.63, 3.8) is 0 Å². The third-order valence-corrected chi connectivity index (χ3v) is 8.78. The number of sulfonamides is 1. The molecule has 0 unspecified atom stereocenters. The van der Waals surface area contributed by atoms with Gasteiger partial charge in [-0.1, -0.05) is 0 Å². The molecule has 0 bridgehead atoms. The van der Waals surface area contributed by atoms with E-state index in [1.54, 1.807) is 12.3 Å². The first-order chi connectivity index (χ1) is 15.8. The molecule has 4 heterocycles. The lowest BCUT2D eigenvalue weighted by atomic mass is 10.0. The minimum atomic E-state index is -3.59. The van der Waals surface area contributed by atoms with Crippen molar-refractivity contribution in [2.75, 3.05) is 42.8 Å². The summed E-state index contributed by atoms with van der Waals surface area (Å²) >= 11 is 0. The molecule has 2 fully saturated rings. The fraction of sp³-hybridized carbons (Fsp3) is 0.458. The van der Waals surface area contributed by atoms with E-state index in [4.69, 9.17) is 0 Å². The van der Waals surface area contributed by atoms with Crippen molar-refractivity contribution in [2.24, 2.45) is 7.05 Å². The Morgan fingerprint density at radius 3 is 2.48 bits per heavy atom. The predicted molar refractivity (Wildman–Crippen MR) is 131 cm³/mol. The average Bonchev–Trinajstić information content (AvgIpc) is 3.44. The molecule has 9 heteroatoms. The number of hydrogen-bond acceptors (Lipinski definition) is 5. The molecule has 1 aromatic carbocycles. The second-order valence-corrected chi connectivity index (χ2v) is 11.2. The summed E-state index contributed by atoms with van der Waals surface area (Å²) in [6, 6.07) is 6.86. The second-order valence-electron chi connectivity index (χ2n) is 9.22. The van der Waals surface area contributed by atoms with Crippen LogP contribution in [0.1, 0.15) is 25.7 Å². The van der Waals surface area contributed by atoms with Gasteiger partial charge in [-0.25, -0.2) is 17.8 Å². The number of rotatable bonds is 5. The van der Waals surface area contributed by atoms with E-state index in [2.05, 4.69) is 19.5 Å². The predicted octanol–water partition coefficient (Wildman–Crippen LogP) is 3.82. The first-order valence-corrected chi connectivity index (χ1v) is 13.1. The molecular weight excluding hydrogens is 441 g/mol. The maximum Gasteiger partial charge on any atom is 0.235 e. The molecule has 176 valence electrons. The van der Waals surface area contributed by atoms with E-state index < -0.39 is 15.3 Å². The van der Waals surface area contributed by atoms with E-state index >= 15 is 4.39 Å². The number of likely N-dealkylation sites (tertiary alicyclic amines) is 1. The van der Waals surface area contributed by atoms with Gasteiger partial charge in [-0.05, 0) is 70.1 Å². The molecule has 33 heavy (non-hydrogen) atoms. The van der Waals surface area contributed by atoms with Gasteiger partial charge in [0.1, 0.15) is 11.5 Å². The van der Waals surface area contributed by atoms with Gasteiger partial charge in [0, 0.05) is 49.3 Å². The molecular formula is C24H30FN5O2S. The second kappa shape index (κ2) is 8.61. The zero-order chi connectivity index (χ0) is 23.2. The van der Waals surface area contributed by atoms with Gasteiger partial charge in [0.2, 0.25) is 10.0 Å². The van der Waals surface area contributed by atoms with E-state index in [9.17, 15) is 8.42 Å². The lowest BCUT2D eigenvalue weighted by Crippen LogP contribution is -2.39. The molecule has 0 radical (unpaired) electrons. The number of piperidine rings is 1. The molecule has 3 aromatic rings. The molecule has 2 aliphatic rings. The van der Waals surface area contributed by atoms with Gasteiger partial charge >= 0.3 is 0 Å². The standard InChI is InChI=1S/C24H30FN5O2S/c1-28-13-8-18(9-14-28)33(31,32)27-22-7-10-26-24-23(22)20(16-29(24)2)19-15-17(5-6-21(19)25)30-11-3-4-12-30/h5-7,10,15-16,18H,3-4,8-9,11-14H2,1-2H3,(H,26,27). The Bertz CT molecular complexity index is 1280. The molecule has 7 nitrogen and oxygen atoms in total. The normalized spacial score (nSPS) is 18.3. The lowest BCUT2D eigenvalue weighted by Gasteiger charge is -2.28. The van der Waals surface area contributed by atoms with Crippen molar-refractivity contribution < 1.29 is 12.8 Å². The van der Waals surface area contributed by atoms with Crippen LogP contribution in [0.5, 0.6) is 0 Å². The summed E-state index contributed by atoms with van der Waals surface area (Å²) in [6.07, 6.45) is 6.87. The molecule has 5 rings (SSSR count). The molecule has 0 amide bonds. The maximum absolute atomic E-state index is 15.1. The highest BCUT2D eigenvalue weighted by atomic mass is 32.2. The van der Waals surface area contributed by atoms with Crippen LogP contribution in [0.4, 0.5) is 15.8 Å². The smallest absolute Gasteiger partial charge is 0.235 e. The van der Waals surface area contributed by atoms with Crippen molar-refractivity contribution in [1.29, 1.82) is 0 Å². The van der Waals surface area contributed by atoms with Crippen molar-refractivity contribution in [2.45, 2.75) is 30.9 Å². The number of halogens is 1. The van der Waals surface area contributed by atoms with Gasteiger partial charge in [0.15, 0.2) is 0 Å². The van der Waals surface area contributed by atoms with Crippen molar-refractivity contribution in [3.8, 4) is 11.1 Å². The first kappa shape index (κ1) is 22.2. The Morgan fingerprint density at radius 2 is 1.76 bits per heavy atom. The Balaban J connectivity index is 1.57. The van der Waals surface area contributed by atoms with Gasteiger partial charge in [0.05, 0.1) is 16.3 Å². The third-order valence-electron chi connectivity index (χ3n) is 6.93. The van der Waals surface area contributed by atoms with E-state index in [1.165, 1.54) is 6.07 Å². The molecule has 0 saturated carbocycles. The van der Waals surface area contributed by atoms with Gasteiger partial charge in [-0.3, -0.25) is 4.72 Å². The fourth-order valence-corrected chi connectivity index (χ4v) is 6.49. The molecule has 2 aromatic heterocycles. The van der Waals surface area contributed by atoms with Crippen molar-refractivity contribution >= 4 is 32.4 Å². The van der Waals surface area contributed by atoms with E-state index in [0.29, 0.717) is 40.7 Å². The topological polar surface area (TPSA) is 70.5 Å². The first-order valence-electron chi connectivity index (χ1n) is 11.5. The van der Waals surface area contributed by atoms with Crippen LogP contribution in [0.3, 0.4) is 0 Å². The summed E-state index contributed by atoms with van der Waals surface area (Å²) in [4.78, 5) is 8.86. The number of hydrogen-bond donors (Lipinski definition) is 1. The number of aryl methyl sites for hydroxylation is 1. The molecule has 2 aliphatic heterocycles. The Labute approximate surface area is 194 Å². The van der Waals surface area contributed by atoms with Crippen LogP contribution < -0.4 is 9.62 Å². The van der Waals surface area contributed by atoms with Crippen LogP contribution in [-0.2, 0) is 17.1 Å². The quantitative estimate of drug-likeness (QED) is 0.613. The van der Waals surface area contributed by atoms with E-state index in [0.717, 1.165) is 44.7 Å². The van der Waals surface area contributed by atoms with Gasteiger partial charge in [-0.2, -0.15) is 0 Å². The van der Waals surface area contributed by atoms with Crippen LogP contribution in [0.15, 0.2) is 36.7 Å². The van der Waals surface area contributed by atoms with Gasteiger partial charge in [0.25, 0.3) is 0 Å². The largest absolute Gasteiger partial charge is 0.372 e. The van der Waals surface area contributed by atoms with Crippen molar-refractivity contribution in [1.82, 2.24) is 14.5 Å². The van der Waals surface area contributed by atoms with E-state index in [1.807, 2.05) is 37.0 Å². The minimum absolute atomic E-state index is 0.335. The number of nitrogens with one attached hydrogen (secondary N) is 1. The van der Waals surface area contributed by atoms with Gasteiger partial charge in [-0.15, -0.1) is 0 Å². The number of aromatic nitrogens is 2. The monoisotopic (exact) mass is 471 g/mol. The zero-order valence-electron chi connectivity index (χ0n) is 19.1. The third kappa shape index (κ3) is 4.19. The summed E-state index contributed by atoms with van der Waals surface area (Å²) in [5.74, 6) is -0.335. The number of nitrogens with zero attached hydrogens (tertiary/aromatic N) is 4. The molecule has 0 atom stereocenters. The van der Waals surface area contributed by atoms with Crippen LogP contribution in [0.25, 0.3) is 22.2 Å². The summed E-state index contributed by atoms with van der Waals surface area (Å²) in [6.45, 7) is 3.43. The minimum Gasteiger partial charge on any atom is -0.372 e. The fourth-order valence-electron chi connectivity index (χ4n) is 5.02. The maximum atomic E-state index is 15.1. The molecule has 2 saturated heterocycles.